The van der Waals surface area contributed by atoms with Gasteiger partial charge in [-0.1, -0.05) is 5.16 Å². The predicted molar refractivity (Wildman–Crippen MR) is 58.7 cm³/mol. The van der Waals surface area contributed by atoms with E-state index in [4.69, 9.17) is 14.0 Å². The van der Waals surface area contributed by atoms with Gasteiger partial charge in [0.1, 0.15) is 6.04 Å². The number of rotatable bonds is 2. The highest BCUT2D eigenvalue weighted by atomic mass is 16.5. The molecule has 0 saturated carbocycles. The standard InChI is InChI=1S/C11H17N3O3/c1-2-8(6-15-4-1)10-13-11(17-14-10)9-7-16-5-3-12-9/h8-9,12H,1-7H2. The molecule has 0 radical (unpaired) electrons. The molecule has 94 valence electrons. The summed E-state index contributed by atoms with van der Waals surface area (Å²) in [6, 6.07) is 0.0366. The van der Waals surface area contributed by atoms with Gasteiger partial charge in [0.25, 0.3) is 0 Å². The lowest BCUT2D eigenvalue weighted by atomic mass is 10.0. The van der Waals surface area contributed by atoms with Crippen molar-refractivity contribution in [2.24, 2.45) is 0 Å². The van der Waals surface area contributed by atoms with Crippen molar-refractivity contribution >= 4 is 0 Å². The number of aromatic nitrogens is 2. The summed E-state index contributed by atoms with van der Waals surface area (Å²) in [5.41, 5.74) is 0. The molecule has 0 aromatic carbocycles. The fourth-order valence-corrected chi connectivity index (χ4v) is 2.22. The van der Waals surface area contributed by atoms with Crippen LogP contribution in [0, 0.1) is 0 Å². The first-order chi connectivity index (χ1) is 8.43. The molecule has 2 aliphatic rings. The van der Waals surface area contributed by atoms with Gasteiger partial charge in [-0.15, -0.1) is 0 Å². The molecule has 0 bridgehead atoms. The second-order valence-electron chi connectivity index (χ2n) is 4.49. The molecular formula is C11H17N3O3. The Morgan fingerprint density at radius 3 is 2.88 bits per heavy atom. The third-order valence-corrected chi connectivity index (χ3v) is 3.20. The third-order valence-electron chi connectivity index (χ3n) is 3.20. The van der Waals surface area contributed by atoms with Crippen LogP contribution >= 0.6 is 0 Å². The first-order valence-electron chi connectivity index (χ1n) is 6.16. The van der Waals surface area contributed by atoms with Crippen LogP contribution in [0.3, 0.4) is 0 Å². The van der Waals surface area contributed by atoms with Crippen LogP contribution in [0.1, 0.15) is 36.5 Å². The van der Waals surface area contributed by atoms with Gasteiger partial charge in [-0.3, -0.25) is 0 Å². The van der Waals surface area contributed by atoms with Crippen molar-refractivity contribution in [3.63, 3.8) is 0 Å². The Balaban J connectivity index is 1.68. The quantitative estimate of drug-likeness (QED) is 0.816. The summed E-state index contributed by atoms with van der Waals surface area (Å²) in [7, 11) is 0. The Kier molecular flexibility index (Phi) is 3.35. The number of morpholine rings is 1. The number of nitrogens with zero attached hydrogens (tertiary/aromatic N) is 2. The van der Waals surface area contributed by atoms with Gasteiger partial charge >= 0.3 is 0 Å². The maximum atomic E-state index is 5.43. The lowest BCUT2D eigenvalue weighted by Crippen LogP contribution is -2.34. The van der Waals surface area contributed by atoms with Crippen LogP contribution in [-0.2, 0) is 9.47 Å². The Morgan fingerprint density at radius 1 is 1.18 bits per heavy atom. The van der Waals surface area contributed by atoms with Gasteiger partial charge in [-0.05, 0) is 12.8 Å². The molecule has 2 fully saturated rings. The summed E-state index contributed by atoms with van der Waals surface area (Å²) in [4.78, 5) is 4.46. The maximum Gasteiger partial charge on any atom is 0.246 e. The molecule has 2 saturated heterocycles. The van der Waals surface area contributed by atoms with Crippen LogP contribution in [0.25, 0.3) is 0 Å². The molecule has 1 aromatic heterocycles. The maximum absolute atomic E-state index is 5.43. The van der Waals surface area contributed by atoms with Gasteiger partial charge in [-0.25, -0.2) is 0 Å². The fraction of sp³-hybridized carbons (Fsp3) is 0.818. The van der Waals surface area contributed by atoms with E-state index < -0.39 is 0 Å². The van der Waals surface area contributed by atoms with Crippen molar-refractivity contribution < 1.29 is 14.0 Å². The SMILES string of the molecule is C1COCC(c2noc(C3COCCN3)n2)C1. The van der Waals surface area contributed by atoms with E-state index >= 15 is 0 Å². The number of nitrogens with one attached hydrogen (secondary N) is 1. The zero-order valence-electron chi connectivity index (χ0n) is 9.72. The summed E-state index contributed by atoms with van der Waals surface area (Å²) >= 11 is 0. The number of hydrogen-bond acceptors (Lipinski definition) is 6. The largest absolute Gasteiger partial charge is 0.381 e. The summed E-state index contributed by atoms with van der Waals surface area (Å²) in [6.45, 7) is 3.72. The average Bonchev–Trinajstić information content (AvgIpc) is 2.90. The van der Waals surface area contributed by atoms with Crippen LogP contribution in [0.5, 0.6) is 0 Å². The van der Waals surface area contributed by atoms with E-state index in [1.54, 1.807) is 0 Å². The molecule has 2 aliphatic heterocycles. The molecular weight excluding hydrogens is 222 g/mol. The summed E-state index contributed by atoms with van der Waals surface area (Å²) in [5, 5.41) is 7.35. The molecule has 6 heteroatoms. The minimum Gasteiger partial charge on any atom is -0.381 e. The molecule has 0 aliphatic carbocycles. The molecule has 17 heavy (non-hydrogen) atoms. The average molecular weight is 239 g/mol. The number of hydrogen-bond donors (Lipinski definition) is 1. The molecule has 2 atom stereocenters. The second kappa shape index (κ2) is 5.12. The van der Waals surface area contributed by atoms with Crippen molar-refractivity contribution in [3.8, 4) is 0 Å². The minimum atomic E-state index is 0.0366. The van der Waals surface area contributed by atoms with E-state index in [1.165, 1.54) is 0 Å². The summed E-state index contributed by atoms with van der Waals surface area (Å²) < 4.78 is 16.1. The fourth-order valence-electron chi connectivity index (χ4n) is 2.22. The zero-order valence-corrected chi connectivity index (χ0v) is 9.72. The molecule has 0 spiro atoms. The van der Waals surface area contributed by atoms with Gasteiger partial charge < -0.3 is 19.3 Å². The van der Waals surface area contributed by atoms with Crippen molar-refractivity contribution in [1.82, 2.24) is 15.5 Å². The monoisotopic (exact) mass is 239 g/mol. The lowest BCUT2D eigenvalue weighted by Gasteiger charge is -2.20. The topological polar surface area (TPSA) is 69.4 Å². The van der Waals surface area contributed by atoms with E-state index in [-0.39, 0.29) is 12.0 Å². The van der Waals surface area contributed by atoms with E-state index in [0.29, 0.717) is 19.1 Å². The van der Waals surface area contributed by atoms with Gasteiger partial charge in [0.15, 0.2) is 5.82 Å². The first-order valence-corrected chi connectivity index (χ1v) is 6.16. The minimum absolute atomic E-state index is 0.0366. The Bertz CT molecular complexity index is 324. The predicted octanol–water partition coefficient (Wildman–Crippen LogP) is 0.624. The molecule has 0 amide bonds. The van der Waals surface area contributed by atoms with Crippen LogP contribution in [0.4, 0.5) is 0 Å². The third kappa shape index (κ3) is 2.48. The van der Waals surface area contributed by atoms with Crippen LogP contribution in [0.15, 0.2) is 4.52 Å². The van der Waals surface area contributed by atoms with Crippen LogP contribution in [0.2, 0.25) is 0 Å². The Hall–Kier alpha value is -0.980. The van der Waals surface area contributed by atoms with E-state index in [9.17, 15) is 0 Å². The highest BCUT2D eigenvalue weighted by Crippen LogP contribution is 2.24. The lowest BCUT2D eigenvalue weighted by molar-refractivity contribution is 0.0658. The van der Waals surface area contributed by atoms with Gasteiger partial charge in [-0.2, -0.15) is 4.98 Å². The van der Waals surface area contributed by atoms with Gasteiger partial charge in [0, 0.05) is 19.1 Å². The summed E-state index contributed by atoms with van der Waals surface area (Å²) in [6.07, 6.45) is 2.15. The first kappa shape index (κ1) is 11.1. The Labute approximate surface area is 99.7 Å². The van der Waals surface area contributed by atoms with Crippen molar-refractivity contribution in [2.75, 3.05) is 33.0 Å². The van der Waals surface area contributed by atoms with Crippen molar-refractivity contribution in [3.05, 3.63) is 11.7 Å². The normalized spacial score (nSPS) is 30.4. The van der Waals surface area contributed by atoms with Gasteiger partial charge in [0.2, 0.25) is 5.89 Å². The molecule has 1 aromatic rings. The van der Waals surface area contributed by atoms with E-state index in [0.717, 1.165) is 38.4 Å². The van der Waals surface area contributed by atoms with Crippen LogP contribution < -0.4 is 5.32 Å². The van der Waals surface area contributed by atoms with Crippen molar-refractivity contribution in [1.29, 1.82) is 0 Å². The highest BCUT2D eigenvalue weighted by Gasteiger charge is 2.25. The smallest absolute Gasteiger partial charge is 0.246 e. The van der Waals surface area contributed by atoms with Crippen LogP contribution in [-0.4, -0.2) is 43.1 Å². The molecule has 3 rings (SSSR count). The molecule has 6 nitrogen and oxygen atoms in total. The van der Waals surface area contributed by atoms with E-state index in [1.807, 2.05) is 0 Å². The molecule has 1 N–H and O–H groups in total. The summed E-state index contributed by atoms with van der Waals surface area (Å²) in [5.74, 6) is 1.68. The van der Waals surface area contributed by atoms with Gasteiger partial charge in [0.05, 0.1) is 19.8 Å². The Morgan fingerprint density at radius 2 is 2.12 bits per heavy atom. The zero-order chi connectivity index (χ0) is 11.5. The van der Waals surface area contributed by atoms with E-state index in [2.05, 4.69) is 15.5 Å². The number of ether oxygens (including phenoxy) is 2. The van der Waals surface area contributed by atoms with Crippen molar-refractivity contribution in [2.45, 2.75) is 24.8 Å². The second-order valence-corrected chi connectivity index (χ2v) is 4.49. The molecule has 3 heterocycles. The highest BCUT2D eigenvalue weighted by molar-refractivity contribution is 5.00. The molecule has 2 unspecified atom stereocenters.